The van der Waals surface area contributed by atoms with E-state index in [2.05, 4.69) is 21.0 Å². The topological polar surface area (TPSA) is 117 Å². The van der Waals surface area contributed by atoms with E-state index in [4.69, 9.17) is 27.9 Å². The van der Waals surface area contributed by atoms with Crippen LogP contribution in [0, 0.1) is 10.4 Å². The summed E-state index contributed by atoms with van der Waals surface area (Å²) in [4.78, 5) is 13.8. The van der Waals surface area contributed by atoms with Gasteiger partial charge in [-0.15, -0.1) is 0 Å². The van der Waals surface area contributed by atoms with E-state index in [0.717, 1.165) is 0 Å². The van der Waals surface area contributed by atoms with Gasteiger partial charge in [-0.3, -0.25) is 4.68 Å². The second-order valence-corrected chi connectivity index (χ2v) is 7.92. The molecule has 0 bridgehead atoms. The summed E-state index contributed by atoms with van der Waals surface area (Å²) in [5.74, 6) is -1.12. The van der Waals surface area contributed by atoms with Gasteiger partial charge in [0.1, 0.15) is 16.4 Å². The lowest BCUT2D eigenvalue weighted by atomic mass is 9.96. The maximum Gasteiger partial charge on any atom is 0.343 e. The number of methoxy groups -OCH3 is 1. The molecule has 0 aromatic carbocycles. The summed E-state index contributed by atoms with van der Waals surface area (Å²) < 4.78 is 6.72. The summed E-state index contributed by atoms with van der Waals surface area (Å²) >= 11 is 15.4. The molecule has 2 heterocycles. The number of carbonyl (C=O) groups is 1. The van der Waals surface area contributed by atoms with Gasteiger partial charge in [-0.2, -0.15) is 10.0 Å². The fourth-order valence-corrected chi connectivity index (χ4v) is 4.17. The Hall–Kier alpha value is -2.69. The molecule has 0 saturated heterocycles. The van der Waals surface area contributed by atoms with Crippen LogP contribution in [0.15, 0.2) is 68.3 Å². The van der Waals surface area contributed by atoms with Crippen molar-refractivity contribution >= 4 is 50.8 Å². The summed E-state index contributed by atoms with van der Waals surface area (Å²) in [6, 6.07) is 1.62. The number of rotatable bonds is 4. The molecule has 1 N–H and O–H groups in total. The number of nitrogens with zero attached hydrogens (tertiary/aromatic N) is 4. The van der Waals surface area contributed by atoms with Crippen molar-refractivity contribution in [1.29, 1.82) is 0 Å². The Balaban J connectivity index is 2.25. The summed E-state index contributed by atoms with van der Waals surface area (Å²) in [5, 5.41) is 37.5. The number of aromatic nitrogens is 2. The molecule has 0 saturated carbocycles. The highest BCUT2D eigenvalue weighted by Crippen LogP contribution is 2.40. The van der Waals surface area contributed by atoms with Crippen molar-refractivity contribution in [3.05, 3.63) is 83.9 Å². The molecule has 2 aliphatic rings. The smallest absolute Gasteiger partial charge is 0.343 e. The predicted molar refractivity (Wildman–Crippen MR) is 119 cm³/mol. The number of halogens is 3. The first-order valence-corrected chi connectivity index (χ1v) is 10.4. The largest absolute Gasteiger partial charge is 0.612 e. The van der Waals surface area contributed by atoms with Gasteiger partial charge >= 0.3 is 5.97 Å². The number of allylic oxidation sites excluding steroid dienone is 7. The Morgan fingerprint density at radius 3 is 2.58 bits per heavy atom. The zero-order valence-corrected chi connectivity index (χ0v) is 19.4. The van der Waals surface area contributed by atoms with Crippen LogP contribution in [0.25, 0.3) is 0 Å². The van der Waals surface area contributed by atoms with Gasteiger partial charge in [-0.05, 0) is 41.1 Å². The third-order valence-corrected chi connectivity index (χ3v) is 5.91. The van der Waals surface area contributed by atoms with Gasteiger partial charge in [0.2, 0.25) is 5.71 Å². The summed E-state index contributed by atoms with van der Waals surface area (Å²) in [7, 11) is 1.19. The number of hydrogen-bond donors (Lipinski definition) is 1. The molecule has 1 aromatic heterocycles. The van der Waals surface area contributed by atoms with Crippen LogP contribution in [0.2, 0.25) is 5.15 Å². The van der Waals surface area contributed by atoms with E-state index in [1.807, 2.05) is 6.92 Å². The van der Waals surface area contributed by atoms with Crippen LogP contribution in [0.5, 0.6) is 0 Å². The fraction of sp³-hybridized carbons (Fsp3) is 0.211. The molecule has 1 aromatic rings. The minimum atomic E-state index is -0.779. The highest BCUT2D eigenvalue weighted by molar-refractivity contribution is 9.12. The van der Waals surface area contributed by atoms with Crippen molar-refractivity contribution in [2.45, 2.75) is 13.5 Å². The Morgan fingerprint density at radius 1 is 1.35 bits per heavy atom. The Kier molecular flexibility index (Phi) is 6.83. The fourth-order valence-electron chi connectivity index (χ4n) is 3.23. The van der Waals surface area contributed by atoms with E-state index in [0.29, 0.717) is 28.7 Å². The number of aliphatic hydroxyl groups is 1. The molecule has 9 nitrogen and oxygen atoms in total. The molecule has 0 atom stereocenters. The minimum absolute atomic E-state index is 0.108. The zero-order valence-electron chi connectivity index (χ0n) is 16.3. The van der Waals surface area contributed by atoms with Crippen LogP contribution >= 0.6 is 39.1 Å². The van der Waals surface area contributed by atoms with Crippen LogP contribution in [-0.4, -0.2) is 50.0 Å². The second-order valence-electron chi connectivity index (χ2n) is 6.33. The lowest BCUT2D eigenvalue weighted by Gasteiger charge is -2.35. The molecule has 0 fully saturated rings. The molecular formula is C19H16BrCl2N4O5-. The van der Waals surface area contributed by atoms with Crippen LogP contribution in [0.3, 0.4) is 0 Å². The highest BCUT2D eigenvalue weighted by atomic mass is 79.9. The number of carbonyl (C=O) groups excluding carboxylic acids is 1. The van der Waals surface area contributed by atoms with Crippen molar-refractivity contribution in [3.63, 3.8) is 0 Å². The molecule has 1 aliphatic carbocycles. The number of ether oxygens (including phenoxy) is 1. The van der Waals surface area contributed by atoms with Gasteiger partial charge < -0.3 is 25.2 Å². The normalized spacial score (nSPS) is 19.2. The molecule has 164 valence electrons. The first kappa shape index (κ1) is 23.0. The number of hydrogen-bond acceptors (Lipinski definition) is 7. The quantitative estimate of drug-likeness (QED) is 0.357. The molecule has 3 rings (SSSR count). The minimum Gasteiger partial charge on any atom is -0.612 e. The van der Waals surface area contributed by atoms with Crippen molar-refractivity contribution in [1.82, 2.24) is 14.7 Å². The molecular weight excluding hydrogens is 515 g/mol. The third kappa shape index (κ3) is 4.36. The molecule has 12 heteroatoms. The van der Waals surface area contributed by atoms with Gasteiger partial charge in [-0.25, -0.2) is 4.79 Å². The Bertz CT molecular complexity index is 1130. The van der Waals surface area contributed by atoms with E-state index in [9.17, 15) is 20.3 Å². The summed E-state index contributed by atoms with van der Waals surface area (Å²) in [5.41, 5.74) is 0.876. The lowest BCUT2D eigenvalue weighted by molar-refractivity contribution is -0.377. The van der Waals surface area contributed by atoms with E-state index in [1.54, 1.807) is 21.8 Å². The number of esters is 1. The van der Waals surface area contributed by atoms with E-state index in [-0.39, 0.29) is 33.1 Å². The second kappa shape index (κ2) is 9.21. The molecule has 31 heavy (non-hydrogen) atoms. The average molecular weight is 531 g/mol. The van der Waals surface area contributed by atoms with Crippen molar-refractivity contribution in [2.75, 3.05) is 13.7 Å². The Morgan fingerprint density at radius 2 is 2.06 bits per heavy atom. The van der Waals surface area contributed by atoms with Crippen LogP contribution in [0.4, 0.5) is 0 Å². The van der Waals surface area contributed by atoms with Crippen molar-refractivity contribution in [2.24, 2.45) is 0 Å². The van der Waals surface area contributed by atoms with Gasteiger partial charge in [0.05, 0.1) is 29.5 Å². The first-order valence-electron chi connectivity index (χ1n) is 8.88. The third-order valence-electron chi connectivity index (χ3n) is 4.57. The van der Waals surface area contributed by atoms with E-state index < -0.39 is 10.9 Å². The lowest BCUT2D eigenvalue weighted by Crippen LogP contribution is -2.34. The van der Waals surface area contributed by atoms with E-state index >= 15 is 0 Å². The molecule has 0 amide bonds. The SMILES string of the molecule is CCN1C(Cn2ccc(Cl)n2)=C(Br)C(O)=C(C(=O)OC)C1=C1C=CC(=[N+]([O-])[O-])C(Cl)=C1. The maximum atomic E-state index is 12.6. The zero-order chi connectivity index (χ0) is 22.9. The average Bonchev–Trinajstić information content (AvgIpc) is 3.15. The van der Waals surface area contributed by atoms with Crippen LogP contribution < -0.4 is 0 Å². The molecule has 0 unspecified atom stereocenters. The standard InChI is InChI=1S/C19H16BrCl2N4O5/c1-3-25-13(9-24-7-6-14(22)23-24)16(20)18(27)15(19(28)31-2)17(25)10-4-5-12(26(29)30)11(21)8-10/h4-8H,3,9H2,1-2H3,(H-,27,28,29,30)/q-1. The van der Waals surface area contributed by atoms with Gasteiger partial charge in [0.25, 0.3) is 0 Å². The van der Waals surface area contributed by atoms with Gasteiger partial charge in [-0.1, -0.05) is 23.2 Å². The predicted octanol–water partition coefficient (Wildman–Crippen LogP) is 3.86. The molecule has 0 spiro atoms. The number of aliphatic hydroxyl groups excluding tert-OH is 1. The van der Waals surface area contributed by atoms with Crippen LogP contribution in [0.1, 0.15) is 6.92 Å². The monoisotopic (exact) mass is 529 g/mol. The van der Waals surface area contributed by atoms with Gasteiger partial charge in [0.15, 0.2) is 5.15 Å². The summed E-state index contributed by atoms with van der Waals surface area (Å²) in [6.07, 6.45) is 5.74. The summed E-state index contributed by atoms with van der Waals surface area (Å²) in [6.45, 7) is 2.45. The van der Waals surface area contributed by atoms with Gasteiger partial charge in [0, 0.05) is 24.4 Å². The molecule has 1 aliphatic heterocycles. The van der Waals surface area contributed by atoms with Crippen LogP contribution in [-0.2, 0) is 16.1 Å². The molecule has 0 radical (unpaired) electrons. The van der Waals surface area contributed by atoms with Crippen molar-refractivity contribution in [3.8, 4) is 0 Å². The number of likely N-dealkylation sites (N-methyl/N-ethyl adjacent to an activating group) is 1. The maximum absolute atomic E-state index is 12.6. The first-order chi connectivity index (χ1) is 14.7. The Labute approximate surface area is 195 Å². The van der Waals surface area contributed by atoms with E-state index in [1.165, 1.54) is 25.3 Å². The van der Waals surface area contributed by atoms with Crippen molar-refractivity contribution < 1.29 is 19.5 Å². The highest BCUT2D eigenvalue weighted by Gasteiger charge is 2.36.